The van der Waals surface area contributed by atoms with Crippen LogP contribution in [0.2, 0.25) is 0 Å². The first-order valence-electron chi connectivity index (χ1n) is 6.31. The van der Waals surface area contributed by atoms with Crippen LogP contribution in [0.15, 0.2) is 24.4 Å². The summed E-state index contributed by atoms with van der Waals surface area (Å²) in [5, 5.41) is 0. The molecule has 3 rings (SSSR count). The summed E-state index contributed by atoms with van der Waals surface area (Å²) in [4.78, 5) is 15.2. The van der Waals surface area contributed by atoms with Gasteiger partial charge in [-0.05, 0) is 37.5 Å². The molecule has 0 saturated carbocycles. The van der Waals surface area contributed by atoms with Crippen LogP contribution in [0.25, 0.3) is 11.3 Å². The average molecular weight is 259 g/mol. The lowest BCUT2D eigenvalue weighted by Gasteiger charge is -2.18. The molecule has 4 nitrogen and oxygen atoms in total. The monoisotopic (exact) mass is 259 g/mol. The Morgan fingerprint density at radius 2 is 2.26 bits per heavy atom. The molecule has 1 aliphatic heterocycles. The maximum Gasteiger partial charge on any atom is 0.250 e. The number of hydrogen-bond donors (Lipinski definition) is 1. The molecule has 0 aliphatic carbocycles. The fraction of sp³-hybridized carbons (Fsp3) is 0.286. The van der Waals surface area contributed by atoms with E-state index in [1.54, 1.807) is 18.2 Å². The average Bonchev–Trinajstić information content (AvgIpc) is 2.79. The molecule has 3 heterocycles. The number of hydrogen-bond acceptors (Lipinski definition) is 2. The van der Waals surface area contributed by atoms with Crippen molar-refractivity contribution in [3.63, 3.8) is 0 Å². The Hall–Kier alpha value is -2.17. The van der Waals surface area contributed by atoms with Gasteiger partial charge in [0.15, 0.2) is 0 Å². The Bertz CT molecular complexity index is 648. The van der Waals surface area contributed by atoms with Gasteiger partial charge in [0.05, 0.1) is 16.8 Å². The summed E-state index contributed by atoms with van der Waals surface area (Å²) < 4.78 is 15.8. The smallest absolute Gasteiger partial charge is 0.250 e. The predicted molar refractivity (Wildman–Crippen MR) is 69.1 cm³/mol. The second kappa shape index (κ2) is 4.50. The van der Waals surface area contributed by atoms with Crippen LogP contribution in [0.4, 0.5) is 4.39 Å². The van der Waals surface area contributed by atoms with Crippen LogP contribution in [0, 0.1) is 5.95 Å². The first-order chi connectivity index (χ1) is 9.18. The largest absolute Gasteiger partial charge is 0.366 e. The topological polar surface area (TPSA) is 60.9 Å². The van der Waals surface area contributed by atoms with E-state index >= 15 is 0 Å². The van der Waals surface area contributed by atoms with Gasteiger partial charge in [-0.3, -0.25) is 4.79 Å². The van der Waals surface area contributed by atoms with E-state index in [4.69, 9.17) is 5.73 Å². The van der Waals surface area contributed by atoms with Gasteiger partial charge in [0.1, 0.15) is 0 Å². The van der Waals surface area contributed by atoms with Gasteiger partial charge in [-0.15, -0.1) is 0 Å². The zero-order chi connectivity index (χ0) is 13.4. The number of pyridine rings is 1. The third-order valence-electron chi connectivity index (χ3n) is 3.55. The highest BCUT2D eigenvalue weighted by atomic mass is 19.1. The fourth-order valence-electron chi connectivity index (χ4n) is 2.69. The minimum atomic E-state index is -0.524. The maximum atomic E-state index is 13.8. The second-order valence-corrected chi connectivity index (χ2v) is 4.70. The van der Waals surface area contributed by atoms with Crippen LogP contribution in [0.1, 0.15) is 28.9 Å². The molecular formula is C14H14FN3O. The molecule has 0 fully saturated rings. The van der Waals surface area contributed by atoms with Gasteiger partial charge in [0.25, 0.3) is 5.91 Å². The third kappa shape index (κ3) is 1.91. The Kier molecular flexibility index (Phi) is 2.81. The summed E-state index contributed by atoms with van der Waals surface area (Å²) in [6, 6.07) is 5.04. The van der Waals surface area contributed by atoms with Crippen molar-refractivity contribution in [1.82, 2.24) is 9.55 Å². The summed E-state index contributed by atoms with van der Waals surface area (Å²) in [6.07, 6.45) is 4.27. The van der Waals surface area contributed by atoms with E-state index in [0.717, 1.165) is 31.5 Å². The molecule has 1 aliphatic rings. The second-order valence-electron chi connectivity index (χ2n) is 4.70. The Labute approximate surface area is 110 Å². The molecule has 5 heteroatoms. The maximum absolute atomic E-state index is 13.8. The Morgan fingerprint density at radius 1 is 1.42 bits per heavy atom. The molecule has 2 aromatic rings. The van der Waals surface area contributed by atoms with E-state index in [-0.39, 0.29) is 0 Å². The van der Waals surface area contributed by atoms with E-state index in [1.807, 2.05) is 4.57 Å². The van der Waals surface area contributed by atoms with Crippen LogP contribution >= 0.6 is 0 Å². The minimum absolute atomic E-state index is 0.415. The van der Waals surface area contributed by atoms with E-state index in [0.29, 0.717) is 16.8 Å². The minimum Gasteiger partial charge on any atom is -0.366 e. The van der Waals surface area contributed by atoms with Gasteiger partial charge in [0.2, 0.25) is 5.95 Å². The summed E-state index contributed by atoms with van der Waals surface area (Å²) in [7, 11) is 0. The summed E-state index contributed by atoms with van der Waals surface area (Å²) >= 11 is 0. The van der Waals surface area contributed by atoms with Gasteiger partial charge < -0.3 is 10.3 Å². The first kappa shape index (κ1) is 11.9. The quantitative estimate of drug-likeness (QED) is 0.840. The van der Waals surface area contributed by atoms with Crippen molar-refractivity contribution in [1.29, 1.82) is 0 Å². The molecule has 0 atom stereocenters. The number of nitrogens with zero attached hydrogens (tertiary/aromatic N) is 2. The van der Waals surface area contributed by atoms with Crippen molar-refractivity contribution >= 4 is 5.91 Å². The van der Waals surface area contributed by atoms with Gasteiger partial charge in [0, 0.05) is 18.4 Å². The molecule has 0 unspecified atom stereocenters. The van der Waals surface area contributed by atoms with Crippen molar-refractivity contribution in [2.75, 3.05) is 0 Å². The summed E-state index contributed by atoms with van der Waals surface area (Å²) in [6.45, 7) is 0.784. The molecule has 98 valence electrons. The molecule has 2 aromatic heterocycles. The highest BCUT2D eigenvalue weighted by Crippen LogP contribution is 2.31. The van der Waals surface area contributed by atoms with Gasteiger partial charge >= 0.3 is 0 Å². The molecule has 0 aromatic carbocycles. The lowest BCUT2D eigenvalue weighted by molar-refractivity contribution is 0.0999. The molecule has 19 heavy (non-hydrogen) atoms. The highest BCUT2D eigenvalue weighted by Gasteiger charge is 2.23. The van der Waals surface area contributed by atoms with Crippen LogP contribution in [0.3, 0.4) is 0 Å². The van der Waals surface area contributed by atoms with Crippen molar-refractivity contribution < 1.29 is 9.18 Å². The number of rotatable bonds is 2. The molecule has 0 radical (unpaired) electrons. The zero-order valence-electron chi connectivity index (χ0n) is 10.4. The molecular weight excluding hydrogens is 245 g/mol. The van der Waals surface area contributed by atoms with Gasteiger partial charge in [-0.2, -0.15) is 4.39 Å². The van der Waals surface area contributed by atoms with E-state index < -0.39 is 11.9 Å². The molecule has 2 N–H and O–H groups in total. The predicted octanol–water partition coefficient (Wildman–Crippen LogP) is 2.12. The lowest BCUT2D eigenvalue weighted by Crippen LogP contribution is -2.17. The fourth-order valence-corrected chi connectivity index (χ4v) is 2.69. The van der Waals surface area contributed by atoms with E-state index in [1.165, 1.54) is 6.20 Å². The van der Waals surface area contributed by atoms with Crippen LogP contribution in [-0.4, -0.2) is 15.5 Å². The Morgan fingerprint density at radius 3 is 3.00 bits per heavy atom. The number of fused-ring (bicyclic) bond motifs is 1. The number of nitrogens with two attached hydrogens (primary N) is 1. The number of halogens is 1. The Balaban J connectivity index is 2.22. The summed E-state index contributed by atoms with van der Waals surface area (Å²) in [5.41, 5.74) is 7.92. The highest BCUT2D eigenvalue weighted by molar-refractivity contribution is 5.95. The van der Waals surface area contributed by atoms with E-state index in [9.17, 15) is 9.18 Å². The number of amides is 1. The summed E-state index contributed by atoms with van der Waals surface area (Å²) in [5.74, 6) is -0.981. The molecule has 0 bridgehead atoms. The molecule has 1 amide bonds. The standard InChI is InChI=1S/C14H14FN3O/c15-13-9(4-3-6-17-13)12-8-10(14(16)19)11-5-1-2-7-18(11)12/h3-4,6,8H,1-2,5,7H2,(H2,16,19). The first-order valence-corrected chi connectivity index (χ1v) is 6.31. The van der Waals surface area contributed by atoms with E-state index in [2.05, 4.69) is 4.98 Å². The van der Waals surface area contributed by atoms with Crippen LogP contribution < -0.4 is 5.73 Å². The van der Waals surface area contributed by atoms with Crippen LogP contribution in [0.5, 0.6) is 0 Å². The molecule has 0 spiro atoms. The van der Waals surface area contributed by atoms with Gasteiger partial charge in [-0.1, -0.05) is 0 Å². The van der Waals surface area contributed by atoms with Crippen molar-refractivity contribution in [3.8, 4) is 11.3 Å². The lowest BCUT2D eigenvalue weighted by atomic mass is 10.1. The SMILES string of the molecule is NC(=O)c1cc(-c2cccnc2F)n2c1CCCC2. The normalized spacial score (nSPS) is 14.2. The molecule has 0 saturated heterocycles. The number of carbonyl (C=O) groups excluding carboxylic acids is 1. The van der Waals surface area contributed by atoms with Gasteiger partial charge in [-0.25, -0.2) is 4.98 Å². The number of primary amides is 1. The van der Waals surface area contributed by atoms with Crippen molar-refractivity contribution in [2.24, 2.45) is 5.73 Å². The van der Waals surface area contributed by atoms with Crippen molar-refractivity contribution in [3.05, 3.63) is 41.6 Å². The third-order valence-corrected chi connectivity index (χ3v) is 3.55. The zero-order valence-corrected chi connectivity index (χ0v) is 10.4. The number of carbonyl (C=O) groups is 1. The number of aromatic nitrogens is 2. The van der Waals surface area contributed by atoms with Crippen molar-refractivity contribution in [2.45, 2.75) is 25.8 Å². The van der Waals surface area contributed by atoms with Crippen LogP contribution in [-0.2, 0) is 13.0 Å².